The van der Waals surface area contributed by atoms with Gasteiger partial charge in [0.05, 0.1) is 12.6 Å². The van der Waals surface area contributed by atoms with E-state index >= 15 is 0 Å². The van der Waals surface area contributed by atoms with E-state index in [1.807, 2.05) is 12.3 Å². The number of hydrogen-bond donors (Lipinski definition) is 0. The van der Waals surface area contributed by atoms with Gasteiger partial charge in [-0.2, -0.15) is 11.8 Å². The van der Waals surface area contributed by atoms with Gasteiger partial charge in [-0.3, -0.25) is 0 Å². The zero-order valence-electron chi connectivity index (χ0n) is 12.9. The number of nitrogens with zero attached hydrogens (tertiary/aromatic N) is 3. The van der Waals surface area contributed by atoms with E-state index in [0.717, 1.165) is 43.1 Å². The molecule has 118 valence electrons. The van der Waals surface area contributed by atoms with E-state index in [2.05, 4.69) is 27.4 Å². The smallest absolute Gasteiger partial charge is 0.160 e. The summed E-state index contributed by atoms with van der Waals surface area (Å²) < 4.78 is 8.10. The summed E-state index contributed by atoms with van der Waals surface area (Å²) in [5, 5.41) is 0. The van der Waals surface area contributed by atoms with E-state index in [9.17, 15) is 0 Å². The van der Waals surface area contributed by atoms with Crippen LogP contribution in [0.4, 0.5) is 0 Å². The maximum atomic E-state index is 5.72. The summed E-state index contributed by atoms with van der Waals surface area (Å²) in [5.41, 5.74) is 2.07. The summed E-state index contributed by atoms with van der Waals surface area (Å²) in [7, 11) is 0. The van der Waals surface area contributed by atoms with Gasteiger partial charge in [0.15, 0.2) is 5.65 Å². The van der Waals surface area contributed by atoms with E-state index in [-0.39, 0.29) is 0 Å². The second-order valence-corrected chi connectivity index (χ2v) is 7.55. The fraction of sp³-hybridized carbons (Fsp3) is 0.647. The average Bonchev–Trinajstić information content (AvgIpc) is 2.94. The standard InChI is InChI=1S/C17H23N3OS/c1-6-15-17(18-7-1)20(14-5-2-8-21-11-14)16(19-15)10-13-4-3-9-22-12-13/h1,6-7,13-14H,2-5,8-12H2. The third-order valence-corrected chi connectivity index (χ3v) is 6.03. The van der Waals surface area contributed by atoms with Gasteiger partial charge in [0.2, 0.25) is 0 Å². The highest BCUT2D eigenvalue weighted by atomic mass is 32.2. The first kappa shape index (κ1) is 14.5. The highest BCUT2D eigenvalue weighted by Gasteiger charge is 2.25. The zero-order chi connectivity index (χ0) is 14.8. The van der Waals surface area contributed by atoms with Gasteiger partial charge in [-0.25, -0.2) is 9.97 Å². The van der Waals surface area contributed by atoms with Crippen LogP contribution in [0.15, 0.2) is 18.3 Å². The summed E-state index contributed by atoms with van der Waals surface area (Å²) in [4.78, 5) is 9.53. The first-order chi connectivity index (χ1) is 10.9. The molecule has 2 saturated heterocycles. The van der Waals surface area contributed by atoms with Crippen LogP contribution < -0.4 is 0 Å². The molecule has 0 spiro atoms. The average molecular weight is 317 g/mol. The first-order valence-electron chi connectivity index (χ1n) is 8.39. The lowest BCUT2D eigenvalue weighted by Gasteiger charge is -2.27. The summed E-state index contributed by atoms with van der Waals surface area (Å²) >= 11 is 2.09. The molecule has 4 heterocycles. The number of ether oxygens (including phenoxy) is 1. The van der Waals surface area contributed by atoms with Gasteiger partial charge < -0.3 is 9.30 Å². The van der Waals surface area contributed by atoms with E-state index < -0.39 is 0 Å². The normalized spacial score (nSPS) is 26.4. The Morgan fingerprint density at radius 2 is 2.32 bits per heavy atom. The van der Waals surface area contributed by atoms with Crippen molar-refractivity contribution in [2.75, 3.05) is 24.7 Å². The number of hydrogen-bond acceptors (Lipinski definition) is 4. The zero-order valence-corrected chi connectivity index (χ0v) is 13.7. The summed E-state index contributed by atoms with van der Waals surface area (Å²) in [6, 6.07) is 4.47. The van der Waals surface area contributed by atoms with Gasteiger partial charge in [0.1, 0.15) is 11.3 Å². The van der Waals surface area contributed by atoms with Crippen molar-refractivity contribution in [3.05, 3.63) is 24.2 Å². The summed E-state index contributed by atoms with van der Waals surface area (Å²) in [5.74, 6) is 4.58. The Morgan fingerprint density at radius 3 is 3.14 bits per heavy atom. The Bertz CT molecular complexity index is 630. The molecule has 4 nitrogen and oxygen atoms in total. The summed E-state index contributed by atoms with van der Waals surface area (Å²) in [6.07, 6.45) is 7.96. The third kappa shape index (κ3) is 2.88. The molecule has 0 aliphatic carbocycles. The molecule has 0 amide bonds. The van der Waals surface area contributed by atoms with Crippen LogP contribution in [0.5, 0.6) is 0 Å². The number of thioether (sulfide) groups is 1. The molecule has 22 heavy (non-hydrogen) atoms. The van der Waals surface area contributed by atoms with Crippen LogP contribution in [-0.2, 0) is 11.2 Å². The fourth-order valence-corrected chi connectivity index (χ4v) is 4.81. The third-order valence-electron chi connectivity index (χ3n) is 4.75. The lowest BCUT2D eigenvalue weighted by atomic mass is 10.0. The van der Waals surface area contributed by atoms with Gasteiger partial charge in [-0.05, 0) is 55.2 Å². The molecule has 5 heteroatoms. The molecule has 2 aliphatic heterocycles. The molecule has 2 fully saturated rings. The Balaban J connectivity index is 1.68. The lowest BCUT2D eigenvalue weighted by Crippen LogP contribution is -2.24. The Morgan fingerprint density at radius 1 is 1.32 bits per heavy atom. The Kier molecular flexibility index (Phi) is 4.35. The number of pyridine rings is 1. The molecule has 2 aromatic rings. The predicted octanol–water partition coefficient (Wildman–Crippen LogP) is 3.47. The molecular formula is C17H23N3OS. The maximum Gasteiger partial charge on any atom is 0.160 e. The van der Waals surface area contributed by atoms with Crippen LogP contribution in [0.2, 0.25) is 0 Å². The topological polar surface area (TPSA) is 39.9 Å². The van der Waals surface area contributed by atoms with E-state index in [1.165, 1.54) is 36.6 Å². The quantitative estimate of drug-likeness (QED) is 0.869. The lowest BCUT2D eigenvalue weighted by molar-refractivity contribution is 0.0592. The van der Waals surface area contributed by atoms with Crippen molar-refractivity contribution < 1.29 is 4.74 Å². The van der Waals surface area contributed by atoms with Gasteiger partial charge >= 0.3 is 0 Å². The molecular weight excluding hydrogens is 294 g/mol. The predicted molar refractivity (Wildman–Crippen MR) is 90.4 cm³/mol. The number of fused-ring (bicyclic) bond motifs is 1. The molecule has 0 saturated carbocycles. The summed E-state index contributed by atoms with van der Waals surface area (Å²) in [6.45, 7) is 1.69. The Hall–Kier alpha value is -1.07. The van der Waals surface area contributed by atoms with Crippen molar-refractivity contribution in [2.45, 2.75) is 38.1 Å². The molecule has 4 rings (SSSR count). The monoisotopic (exact) mass is 317 g/mol. The van der Waals surface area contributed by atoms with E-state index in [0.29, 0.717) is 6.04 Å². The second kappa shape index (κ2) is 6.59. The minimum absolute atomic E-state index is 0.403. The molecule has 0 N–H and O–H groups in total. The SMILES string of the molecule is c1cnc2c(c1)nc(CC1CCCSC1)n2C1CCCOC1. The number of rotatable bonds is 3. The molecule has 2 aliphatic rings. The minimum atomic E-state index is 0.403. The molecule has 2 unspecified atom stereocenters. The molecule has 2 atom stereocenters. The Labute approximate surface area is 135 Å². The largest absolute Gasteiger partial charge is 0.379 e. The molecule has 2 aromatic heterocycles. The van der Waals surface area contributed by atoms with Crippen LogP contribution in [0.25, 0.3) is 11.2 Å². The highest BCUT2D eigenvalue weighted by Crippen LogP contribution is 2.30. The van der Waals surface area contributed by atoms with Gasteiger partial charge in [-0.1, -0.05) is 0 Å². The molecule has 0 radical (unpaired) electrons. The molecule has 0 aromatic carbocycles. The van der Waals surface area contributed by atoms with Crippen molar-refractivity contribution >= 4 is 22.9 Å². The van der Waals surface area contributed by atoms with Crippen LogP contribution in [0.1, 0.15) is 37.5 Å². The van der Waals surface area contributed by atoms with Crippen LogP contribution in [0.3, 0.4) is 0 Å². The van der Waals surface area contributed by atoms with Crippen molar-refractivity contribution in [2.24, 2.45) is 5.92 Å². The second-order valence-electron chi connectivity index (χ2n) is 6.40. The van der Waals surface area contributed by atoms with Crippen molar-refractivity contribution in [1.29, 1.82) is 0 Å². The van der Waals surface area contributed by atoms with Crippen LogP contribution >= 0.6 is 11.8 Å². The van der Waals surface area contributed by atoms with Gasteiger partial charge in [0, 0.05) is 19.2 Å². The van der Waals surface area contributed by atoms with Crippen LogP contribution in [-0.4, -0.2) is 39.3 Å². The minimum Gasteiger partial charge on any atom is -0.379 e. The van der Waals surface area contributed by atoms with Crippen LogP contribution in [0, 0.1) is 5.92 Å². The molecule has 0 bridgehead atoms. The van der Waals surface area contributed by atoms with Crippen molar-refractivity contribution in [3.63, 3.8) is 0 Å². The van der Waals surface area contributed by atoms with Crippen molar-refractivity contribution in [3.8, 4) is 0 Å². The first-order valence-corrected chi connectivity index (χ1v) is 9.54. The van der Waals surface area contributed by atoms with Gasteiger partial charge in [0.25, 0.3) is 0 Å². The number of imidazole rings is 1. The maximum absolute atomic E-state index is 5.72. The van der Waals surface area contributed by atoms with Crippen molar-refractivity contribution in [1.82, 2.24) is 14.5 Å². The fourth-order valence-electron chi connectivity index (χ4n) is 3.66. The van der Waals surface area contributed by atoms with E-state index in [4.69, 9.17) is 9.72 Å². The highest BCUT2D eigenvalue weighted by molar-refractivity contribution is 7.99. The van der Waals surface area contributed by atoms with Gasteiger partial charge in [-0.15, -0.1) is 0 Å². The number of aromatic nitrogens is 3. The van der Waals surface area contributed by atoms with E-state index in [1.54, 1.807) is 0 Å².